The first-order valence-corrected chi connectivity index (χ1v) is 12.3. The van der Waals surface area contributed by atoms with E-state index in [1.54, 1.807) is 42.5 Å². The Morgan fingerprint density at radius 3 is 2.11 bits per heavy atom. The summed E-state index contributed by atoms with van der Waals surface area (Å²) in [7, 11) is 0. The number of para-hydroxylation sites is 2. The number of ether oxygens (including phenoxy) is 1. The number of esters is 1. The topological polar surface area (TPSA) is 81.4 Å². The third-order valence-corrected chi connectivity index (χ3v) is 6.19. The van der Waals surface area contributed by atoms with Crippen LogP contribution >= 0.6 is 0 Å². The molecule has 5 aromatic rings. The average Bonchev–Trinajstić information content (AvgIpc) is 3.38. The zero-order valence-corrected chi connectivity index (χ0v) is 20.7. The molecule has 5 rings (SSSR count). The van der Waals surface area contributed by atoms with Crippen LogP contribution in [0.4, 0.5) is 5.69 Å². The quantitative estimate of drug-likeness (QED) is 0.195. The SMILES string of the molecule is CCc1ccc(C(=O)Nc2ccc(OC(=O)c3ccc(CC)cc3)c(-c3nc4ccccc4o3)c2)cc1. The number of hydrogen-bond acceptors (Lipinski definition) is 5. The van der Waals surface area contributed by atoms with Gasteiger partial charge in [-0.25, -0.2) is 9.78 Å². The van der Waals surface area contributed by atoms with Crippen molar-refractivity contribution in [2.24, 2.45) is 0 Å². The number of nitrogens with one attached hydrogen (secondary N) is 1. The second-order valence-electron chi connectivity index (χ2n) is 8.64. The van der Waals surface area contributed by atoms with Crippen LogP contribution in [0.25, 0.3) is 22.6 Å². The van der Waals surface area contributed by atoms with Gasteiger partial charge in [-0.3, -0.25) is 4.79 Å². The normalized spacial score (nSPS) is 10.9. The zero-order valence-electron chi connectivity index (χ0n) is 20.7. The molecule has 0 spiro atoms. The number of nitrogens with zero attached hydrogens (tertiary/aromatic N) is 1. The van der Waals surface area contributed by atoms with Gasteiger partial charge >= 0.3 is 5.97 Å². The maximum Gasteiger partial charge on any atom is 0.343 e. The third-order valence-electron chi connectivity index (χ3n) is 6.19. The zero-order chi connectivity index (χ0) is 25.8. The summed E-state index contributed by atoms with van der Waals surface area (Å²) in [5, 5.41) is 2.92. The number of hydrogen-bond donors (Lipinski definition) is 1. The van der Waals surface area contributed by atoms with Gasteiger partial charge in [0.25, 0.3) is 5.91 Å². The van der Waals surface area contributed by atoms with Crippen molar-refractivity contribution in [1.82, 2.24) is 4.98 Å². The molecular formula is C31H26N2O4. The Kier molecular flexibility index (Phi) is 6.81. The van der Waals surface area contributed by atoms with Crippen LogP contribution in [-0.4, -0.2) is 16.9 Å². The standard InChI is InChI=1S/C31H26N2O4/c1-3-20-9-13-22(14-10-20)29(34)32-24-17-18-27(37-31(35)23-15-11-21(4-2)12-16-23)25(19-24)30-33-26-7-5-6-8-28(26)36-30/h5-19H,3-4H2,1-2H3,(H,32,34). The van der Waals surface area contributed by atoms with E-state index in [0.29, 0.717) is 33.5 Å². The number of rotatable bonds is 7. The molecule has 1 heterocycles. The summed E-state index contributed by atoms with van der Waals surface area (Å²) >= 11 is 0. The summed E-state index contributed by atoms with van der Waals surface area (Å²) in [5.74, 6) is -0.171. The number of aryl methyl sites for hydroxylation is 2. The van der Waals surface area contributed by atoms with Gasteiger partial charge in [0.15, 0.2) is 5.58 Å². The van der Waals surface area contributed by atoms with Gasteiger partial charge in [-0.15, -0.1) is 0 Å². The lowest BCUT2D eigenvalue weighted by atomic mass is 10.1. The van der Waals surface area contributed by atoms with Crippen LogP contribution in [-0.2, 0) is 12.8 Å². The van der Waals surface area contributed by atoms with Crippen LogP contribution in [0.1, 0.15) is 45.7 Å². The van der Waals surface area contributed by atoms with E-state index in [1.165, 1.54) is 0 Å². The lowest BCUT2D eigenvalue weighted by Gasteiger charge is -2.12. The van der Waals surface area contributed by atoms with E-state index in [9.17, 15) is 9.59 Å². The maximum atomic E-state index is 12.9. The van der Waals surface area contributed by atoms with Gasteiger partial charge in [-0.05, 0) is 78.6 Å². The fraction of sp³-hybridized carbons (Fsp3) is 0.129. The summed E-state index contributed by atoms with van der Waals surface area (Å²) in [5.41, 5.74) is 5.53. The number of amides is 1. The summed E-state index contributed by atoms with van der Waals surface area (Å²) in [6.45, 7) is 4.12. The Morgan fingerprint density at radius 1 is 0.811 bits per heavy atom. The third kappa shape index (κ3) is 5.28. The molecule has 0 unspecified atom stereocenters. The molecule has 0 aliphatic rings. The number of carbonyl (C=O) groups excluding carboxylic acids is 2. The lowest BCUT2D eigenvalue weighted by molar-refractivity contribution is 0.0735. The Labute approximate surface area is 214 Å². The predicted molar refractivity (Wildman–Crippen MR) is 144 cm³/mol. The summed E-state index contributed by atoms with van der Waals surface area (Å²) in [6.07, 6.45) is 1.78. The smallest absolute Gasteiger partial charge is 0.343 e. The number of anilines is 1. The number of fused-ring (bicyclic) bond motifs is 1. The minimum Gasteiger partial charge on any atom is -0.436 e. The number of aromatic nitrogens is 1. The van der Waals surface area contributed by atoms with Crippen LogP contribution in [0.2, 0.25) is 0 Å². The monoisotopic (exact) mass is 490 g/mol. The summed E-state index contributed by atoms with van der Waals surface area (Å²) in [4.78, 5) is 30.4. The van der Waals surface area contributed by atoms with Crippen molar-refractivity contribution in [1.29, 1.82) is 0 Å². The largest absolute Gasteiger partial charge is 0.436 e. The van der Waals surface area contributed by atoms with Crippen molar-refractivity contribution in [3.05, 3.63) is 113 Å². The van der Waals surface area contributed by atoms with E-state index < -0.39 is 5.97 Å². The molecule has 6 heteroatoms. The maximum absolute atomic E-state index is 12.9. The summed E-state index contributed by atoms with van der Waals surface area (Å²) in [6, 6.07) is 27.2. The number of oxazole rings is 1. The molecule has 0 atom stereocenters. The van der Waals surface area contributed by atoms with Crippen molar-refractivity contribution in [2.45, 2.75) is 26.7 Å². The molecule has 37 heavy (non-hydrogen) atoms. The van der Waals surface area contributed by atoms with E-state index in [-0.39, 0.29) is 17.5 Å². The highest BCUT2D eigenvalue weighted by Gasteiger charge is 2.19. The van der Waals surface area contributed by atoms with Crippen LogP contribution in [0, 0.1) is 0 Å². The lowest BCUT2D eigenvalue weighted by Crippen LogP contribution is -2.13. The van der Waals surface area contributed by atoms with Crippen LogP contribution in [0.3, 0.4) is 0 Å². The van der Waals surface area contributed by atoms with Gasteiger partial charge in [0.2, 0.25) is 5.89 Å². The Balaban J connectivity index is 1.47. The molecule has 0 saturated carbocycles. The molecule has 0 radical (unpaired) electrons. The van der Waals surface area contributed by atoms with Gasteiger partial charge in [0, 0.05) is 11.3 Å². The van der Waals surface area contributed by atoms with Gasteiger partial charge in [0.05, 0.1) is 11.1 Å². The van der Waals surface area contributed by atoms with Crippen molar-refractivity contribution in [3.63, 3.8) is 0 Å². The molecule has 0 aliphatic carbocycles. The highest BCUT2D eigenvalue weighted by molar-refractivity contribution is 6.04. The molecule has 0 aliphatic heterocycles. The molecule has 0 saturated heterocycles. The highest BCUT2D eigenvalue weighted by Crippen LogP contribution is 2.35. The first kappa shape index (κ1) is 24.0. The van der Waals surface area contributed by atoms with Crippen LogP contribution in [0.5, 0.6) is 5.75 Å². The van der Waals surface area contributed by atoms with E-state index >= 15 is 0 Å². The first-order chi connectivity index (χ1) is 18.0. The van der Waals surface area contributed by atoms with E-state index in [0.717, 1.165) is 24.0 Å². The average molecular weight is 491 g/mol. The second kappa shape index (κ2) is 10.5. The van der Waals surface area contributed by atoms with Crippen LogP contribution in [0.15, 0.2) is 95.4 Å². The Bertz CT molecular complexity index is 1530. The predicted octanol–water partition coefficient (Wildman–Crippen LogP) is 7.09. The Morgan fingerprint density at radius 2 is 1.46 bits per heavy atom. The molecule has 184 valence electrons. The molecule has 0 fully saturated rings. The number of benzene rings is 4. The minimum atomic E-state index is -0.493. The fourth-order valence-corrected chi connectivity index (χ4v) is 3.98. The first-order valence-electron chi connectivity index (χ1n) is 12.3. The molecular weight excluding hydrogens is 464 g/mol. The van der Waals surface area contributed by atoms with E-state index in [1.807, 2.05) is 48.5 Å². The molecule has 1 aromatic heterocycles. The summed E-state index contributed by atoms with van der Waals surface area (Å²) < 4.78 is 11.7. The van der Waals surface area contributed by atoms with Gasteiger partial charge < -0.3 is 14.5 Å². The van der Waals surface area contributed by atoms with Crippen molar-refractivity contribution in [2.75, 3.05) is 5.32 Å². The molecule has 6 nitrogen and oxygen atoms in total. The van der Waals surface area contributed by atoms with Crippen molar-refractivity contribution >= 4 is 28.7 Å². The second-order valence-corrected chi connectivity index (χ2v) is 8.64. The van der Waals surface area contributed by atoms with Gasteiger partial charge in [-0.2, -0.15) is 0 Å². The van der Waals surface area contributed by atoms with Crippen LogP contribution < -0.4 is 10.1 Å². The van der Waals surface area contributed by atoms with Crippen molar-refractivity contribution in [3.8, 4) is 17.2 Å². The molecule has 1 amide bonds. The van der Waals surface area contributed by atoms with E-state index in [2.05, 4.69) is 24.1 Å². The van der Waals surface area contributed by atoms with Gasteiger partial charge in [-0.1, -0.05) is 50.2 Å². The van der Waals surface area contributed by atoms with E-state index in [4.69, 9.17) is 9.15 Å². The Hall–Kier alpha value is -4.71. The minimum absolute atomic E-state index is 0.244. The molecule has 1 N–H and O–H groups in total. The fourth-order valence-electron chi connectivity index (χ4n) is 3.98. The van der Waals surface area contributed by atoms with Crippen molar-refractivity contribution < 1.29 is 18.7 Å². The van der Waals surface area contributed by atoms with Gasteiger partial charge in [0.1, 0.15) is 11.3 Å². The number of carbonyl (C=O) groups is 2. The molecule has 4 aromatic carbocycles. The molecule has 0 bridgehead atoms. The highest BCUT2D eigenvalue weighted by atomic mass is 16.5.